The van der Waals surface area contributed by atoms with Crippen molar-refractivity contribution in [2.24, 2.45) is 0 Å². The number of aryl methyl sites for hydroxylation is 1. The molecule has 0 radical (unpaired) electrons. The van der Waals surface area contributed by atoms with E-state index in [2.05, 4.69) is 27.3 Å². The lowest BCUT2D eigenvalue weighted by molar-refractivity contribution is -0.121. The lowest BCUT2D eigenvalue weighted by atomic mass is 10.2. The van der Waals surface area contributed by atoms with Crippen LogP contribution in [0.5, 0.6) is 0 Å². The molecule has 1 atom stereocenters. The van der Waals surface area contributed by atoms with Gasteiger partial charge in [-0.15, -0.1) is 0 Å². The molecule has 1 saturated heterocycles. The normalized spacial score (nSPS) is 16.5. The maximum absolute atomic E-state index is 12.0. The van der Waals surface area contributed by atoms with E-state index >= 15 is 0 Å². The van der Waals surface area contributed by atoms with E-state index in [9.17, 15) is 4.79 Å². The number of carbonyl (C=O) groups excluding carboxylic acids is 1. The van der Waals surface area contributed by atoms with E-state index < -0.39 is 0 Å². The second-order valence-electron chi connectivity index (χ2n) is 6.18. The van der Waals surface area contributed by atoms with Crippen LogP contribution in [0, 0.1) is 0 Å². The molecule has 0 aliphatic carbocycles. The second kappa shape index (κ2) is 8.73. The van der Waals surface area contributed by atoms with Gasteiger partial charge in [0.05, 0.1) is 13.2 Å². The van der Waals surface area contributed by atoms with Crippen molar-refractivity contribution in [1.29, 1.82) is 0 Å². The molecule has 1 aliphatic heterocycles. The minimum atomic E-state index is -0.000398. The van der Waals surface area contributed by atoms with Crippen molar-refractivity contribution in [3.8, 4) is 11.4 Å². The van der Waals surface area contributed by atoms with Crippen LogP contribution < -0.4 is 5.32 Å². The number of amides is 1. The average Bonchev–Trinajstić information content (AvgIpc) is 3.15. The number of ether oxygens (including phenoxy) is 1. The Hall–Kier alpha value is -2.25. The molecule has 0 bridgehead atoms. The molecule has 1 aromatic heterocycles. The Morgan fingerprint density at radius 3 is 2.80 bits per heavy atom. The van der Waals surface area contributed by atoms with Crippen molar-refractivity contribution in [1.82, 2.24) is 20.4 Å². The van der Waals surface area contributed by atoms with E-state index in [-0.39, 0.29) is 5.91 Å². The first kappa shape index (κ1) is 17.6. The summed E-state index contributed by atoms with van der Waals surface area (Å²) in [7, 11) is 0. The van der Waals surface area contributed by atoms with Crippen LogP contribution in [0.15, 0.2) is 34.9 Å². The van der Waals surface area contributed by atoms with E-state index in [0.717, 1.165) is 31.9 Å². The predicted molar refractivity (Wildman–Crippen MR) is 92.9 cm³/mol. The highest BCUT2D eigenvalue weighted by molar-refractivity contribution is 5.76. The van der Waals surface area contributed by atoms with Gasteiger partial charge in [-0.2, -0.15) is 4.98 Å². The summed E-state index contributed by atoms with van der Waals surface area (Å²) in [6.45, 7) is 6.12. The van der Waals surface area contributed by atoms with Gasteiger partial charge in [0.25, 0.3) is 0 Å². The molecule has 0 spiro atoms. The molecule has 2 heterocycles. The number of morpholine rings is 1. The molecule has 1 fully saturated rings. The fourth-order valence-corrected chi connectivity index (χ4v) is 2.78. The van der Waals surface area contributed by atoms with Gasteiger partial charge < -0.3 is 14.6 Å². The molecule has 1 unspecified atom stereocenters. The molecule has 7 nitrogen and oxygen atoms in total. The first-order valence-corrected chi connectivity index (χ1v) is 8.69. The third kappa shape index (κ3) is 5.11. The zero-order valence-corrected chi connectivity index (χ0v) is 14.5. The first-order chi connectivity index (χ1) is 12.2. The molecule has 1 amide bonds. The van der Waals surface area contributed by atoms with Crippen LogP contribution in [0.2, 0.25) is 0 Å². The average molecular weight is 344 g/mol. The van der Waals surface area contributed by atoms with Gasteiger partial charge in [-0.1, -0.05) is 35.5 Å². The Morgan fingerprint density at radius 1 is 1.28 bits per heavy atom. The van der Waals surface area contributed by atoms with Gasteiger partial charge in [0.15, 0.2) is 0 Å². The summed E-state index contributed by atoms with van der Waals surface area (Å²) in [6, 6.07) is 9.94. The van der Waals surface area contributed by atoms with Crippen molar-refractivity contribution >= 4 is 5.91 Å². The van der Waals surface area contributed by atoms with Crippen LogP contribution in [0.1, 0.15) is 19.2 Å². The third-order valence-electron chi connectivity index (χ3n) is 4.33. The van der Waals surface area contributed by atoms with Crippen molar-refractivity contribution in [2.45, 2.75) is 25.8 Å². The number of nitrogens with zero attached hydrogens (tertiary/aromatic N) is 3. The maximum Gasteiger partial charge on any atom is 0.227 e. The van der Waals surface area contributed by atoms with Crippen LogP contribution in [-0.4, -0.2) is 59.8 Å². The standard InChI is InChI=1S/C18H24N4O3/c1-14(22-9-11-24-12-10-22)13-19-16(23)7-8-17-20-18(21-25-17)15-5-3-2-4-6-15/h2-6,14H,7-13H2,1H3,(H,19,23). The number of aromatic nitrogens is 2. The molecule has 1 N–H and O–H groups in total. The fourth-order valence-electron chi connectivity index (χ4n) is 2.78. The highest BCUT2D eigenvalue weighted by Gasteiger charge is 2.17. The van der Waals surface area contributed by atoms with Gasteiger partial charge in [0.2, 0.25) is 17.6 Å². The molecule has 0 saturated carbocycles. The number of rotatable bonds is 7. The molecular weight excluding hydrogens is 320 g/mol. The Kier molecular flexibility index (Phi) is 6.14. The van der Waals surface area contributed by atoms with Crippen molar-refractivity contribution in [2.75, 3.05) is 32.8 Å². The van der Waals surface area contributed by atoms with Gasteiger partial charge >= 0.3 is 0 Å². The maximum atomic E-state index is 12.0. The van der Waals surface area contributed by atoms with Crippen LogP contribution in [-0.2, 0) is 16.0 Å². The summed E-state index contributed by atoms with van der Waals surface area (Å²) in [4.78, 5) is 18.7. The van der Waals surface area contributed by atoms with Gasteiger partial charge in [0, 0.05) is 44.1 Å². The minimum absolute atomic E-state index is 0.000398. The zero-order chi connectivity index (χ0) is 17.5. The number of benzene rings is 1. The summed E-state index contributed by atoms with van der Waals surface area (Å²) in [5, 5.41) is 6.94. The number of nitrogens with one attached hydrogen (secondary N) is 1. The Labute approximate surface area is 147 Å². The summed E-state index contributed by atoms with van der Waals surface area (Å²) in [5.41, 5.74) is 0.904. The van der Waals surface area contributed by atoms with Crippen LogP contribution in [0.4, 0.5) is 0 Å². The molecule has 134 valence electrons. The van der Waals surface area contributed by atoms with Crippen molar-refractivity contribution in [3.63, 3.8) is 0 Å². The van der Waals surface area contributed by atoms with E-state index in [1.165, 1.54) is 0 Å². The summed E-state index contributed by atoms with van der Waals surface area (Å²) >= 11 is 0. The minimum Gasteiger partial charge on any atom is -0.379 e. The Morgan fingerprint density at radius 2 is 2.04 bits per heavy atom. The highest BCUT2D eigenvalue weighted by Crippen LogP contribution is 2.15. The van der Waals surface area contributed by atoms with Crippen LogP contribution >= 0.6 is 0 Å². The van der Waals surface area contributed by atoms with Crippen LogP contribution in [0.25, 0.3) is 11.4 Å². The van der Waals surface area contributed by atoms with Gasteiger partial charge in [-0.25, -0.2) is 0 Å². The summed E-state index contributed by atoms with van der Waals surface area (Å²) < 4.78 is 10.6. The predicted octanol–water partition coefficient (Wildman–Crippen LogP) is 1.51. The molecule has 3 rings (SSSR count). The second-order valence-corrected chi connectivity index (χ2v) is 6.18. The van der Waals surface area contributed by atoms with Gasteiger partial charge in [-0.3, -0.25) is 9.69 Å². The smallest absolute Gasteiger partial charge is 0.227 e. The van der Waals surface area contributed by atoms with Crippen molar-refractivity contribution < 1.29 is 14.1 Å². The topological polar surface area (TPSA) is 80.5 Å². The van der Waals surface area contributed by atoms with Gasteiger partial charge in [-0.05, 0) is 6.92 Å². The van der Waals surface area contributed by atoms with E-state index in [4.69, 9.17) is 9.26 Å². The van der Waals surface area contributed by atoms with E-state index in [1.54, 1.807) is 0 Å². The van der Waals surface area contributed by atoms with E-state index in [1.807, 2.05) is 30.3 Å². The van der Waals surface area contributed by atoms with Gasteiger partial charge in [0.1, 0.15) is 0 Å². The van der Waals surface area contributed by atoms with Crippen molar-refractivity contribution in [3.05, 3.63) is 36.2 Å². The third-order valence-corrected chi connectivity index (χ3v) is 4.33. The largest absolute Gasteiger partial charge is 0.379 e. The number of carbonyl (C=O) groups is 1. The number of hydrogen-bond acceptors (Lipinski definition) is 6. The summed E-state index contributed by atoms with van der Waals surface area (Å²) in [5.74, 6) is 1.03. The van der Waals surface area contributed by atoms with Crippen LogP contribution in [0.3, 0.4) is 0 Å². The molecule has 7 heteroatoms. The summed E-state index contributed by atoms with van der Waals surface area (Å²) in [6.07, 6.45) is 0.782. The lowest BCUT2D eigenvalue weighted by Crippen LogP contribution is -2.47. The first-order valence-electron chi connectivity index (χ1n) is 8.69. The SMILES string of the molecule is CC(CNC(=O)CCc1nc(-c2ccccc2)no1)N1CCOCC1. The molecular formula is C18H24N4O3. The highest BCUT2D eigenvalue weighted by atomic mass is 16.5. The van der Waals surface area contributed by atoms with E-state index in [0.29, 0.717) is 37.1 Å². The molecule has 1 aliphatic rings. The quantitative estimate of drug-likeness (QED) is 0.820. The molecule has 25 heavy (non-hydrogen) atoms. The number of hydrogen-bond donors (Lipinski definition) is 1. The Bertz CT molecular complexity index is 668. The lowest BCUT2D eigenvalue weighted by Gasteiger charge is -2.32. The fraction of sp³-hybridized carbons (Fsp3) is 0.500. The zero-order valence-electron chi connectivity index (χ0n) is 14.5. The Balaban J connectivity index is 1.41. The molecule has 1 aromatic carbocycles. The molecule has 2 aromatic rings. The monoisotopic (exact) mass is 344 g/mol.